The maximum atomic E-state index is 13.5. The monoisotopic (exact) mass is 436 g/mol. The van der Waals surface area contributed by atoms with Crippen molar-refractivity contribution < 1.29 is 4.79 Å². The molecule has 0 aliphatic rings. The van der Waals surface area contributed by atoms with Crippen molar-refractivity contribution in [3.8, 4) is 11.3 Å². The van der Waals surface area contributed by atoms with Crippen LogP contribution in [0.1, 0.15) is 35.6 Å². The van der Waals surface area contributed by atoms with Crippen molar-refractivity contribution in [1.29, 1.82) is 0 Å². The maximum absolute atomic E-state index is 13.5. The lowest BCUT2D eigenvalue weighted by molar-refractivity contribution is 0.0783. The number of fused-ring (bicyclic) bond motifs is 1. The van der Waals surface area contributed by atoms with Crippen LogP contribution in [-0.2, 0) is 19.6 Å². The van der Waals surface area contributed by atoms with E-state index in [2.05, 4.69) is 10.2 Å². The molecule has 0 saturated heterocycles. The van der Waals surface area contributed by atoms with Gasteiger partial charge in [0.15, 0.2) is 0 Å². The van der Waals surface area contributed by atoms with Crippen molar-refractivity contribution in [2.75, 3.05) is 7.05 Å². The summed E-state index contributed by atoms with van der Waals surface area (Å²) < 4.78 is 3.69. The summed E-state index contributed by atoms with van der Waals surface area (Å²) in [6.07, 6.45) is 3.59. The van der Waals surface area contributed by atoms with E-state index in [1.807, 2.05) is 66.7 Å². The lowest BCUT2D eigenvalue weighted by Gasteiger charge is -2.19. The molecule has 0 fully saturated rings. The number of carbonyl (C=O) groups is 1. The van der Waals surface area contributed by atoms with Gasteiger partial charge in [0.2, 0.25) is 0 Å². The first-order valence-corrected chi connectivity index (χ1v) is 10.7. The van der Waals surface area contributed by atoms with Gasteiger partial charge in [0, 0.05) is 37.3 Å². The summed E-state index contributed by atoms with van der Waals surface area (Å²) in [5.74, 6) is -0.0969. The number of hydrogen-bond donors (Lipinski definition) is 0. The molecule has 0 N–H and O–H groups in total. The van der Waals surface area contributed by atoms with Gasteiger partial charge in [-0.05, 0) is 32.9 Å². The van der Waals surface area contributed by atoms with Gasteiger partial charge in [-0.2, -0.15) is 10.2 Å². The predicted octanol–water partition coefficient (Wildman–Crippen LogP) is 4.57. The molecule has 0 aliphatic carbocycles. The van der Waals surface area contributed by atoms with E-state index in [1.165, 1.54) is 0 Å². The summed E-state index contributed by atoms with van der Waals surface area (Å²) >= 11 is 6.31. The molecule has 1 aromatic carbocycles. The van der Waals surface area contributed by atoms with Crippen molar-refractivity contribution in [3.63, 3.8) is 0 Å². The van der Waals surface area contributed by atoms with E-state index in [4.69, 9.17) is 16.6 Å². The van der Waals surface area contributed by atoms with Crippen LogP contribution >= 0.6 is 11.6 Å². The minimum Gasteiger partial charge on any atom is -0.336 e. The van der Waals surface area contributed by atoms with Gasteiger partial charge in [0.05, 0.1) is 45.9 Å². The zero-order valence-electron chi connectivity index (χ0n) is 18.1. The van der Waals surface area contributed by atoms with E-state index in [-0.39, 0.29) is 5.91 Å². The molecule has 0 radical (unpaired) electrons. The Morgan fingerprint density at radius 1 is 1.19 bits per heavy atom. The second kappa shape index (κ2) is 8.51. The highest BCUT2D eigenvalue weighted by Gasteiger charge is 2.21. The zero-order chi connectivity index (χ0) is 22.1. The largest absolute Gasteiger partial charge is 0.336 e. The fourth-order valence-electron chi connectivity index (χ4n) is 3.74. The fourth-order valence-corrected chi connectivity index (χ4v) is 3.94. The van der Waals surface area contributed by atoms with Gasteiger partial charge in [-0.15, -0.1) is 0 Å². The highest BCUT2D eigenvalue weighted by atomic mass is 35.5. The summed E-state index contributed by atoms with van der Waals surface area (Å²) in [5, 5.41) is 10.2. The number of aromatic nitrogens is 5. The number of carbonyl (C=O) groups excluding carboxylic acids is 1. The van der Waals surface area contributed by atoms with Crippen LogP contribution in [0.25, 0.3) is 22.2 Å². The Morgan fingerprint density at radius 3 is 2.68 bits per heavy atom. The Bertz CT molecular complexity index is 1260. The molecule has 0 aliphatic heterocycles. The minimum atomic E-state index is -0.0969. The van der Waals surface area contributed by atoms with Crippen LogP contribution in [-0.4, -0.2) is 42.4 Å². The molecule has 3 aromatic heterocycles. The maximum Gasteiger partial charge on any atom is 0.254 e. The molecule has 0 spiro atoms. The lowest BCUT2D eigenvalue weighted by atomic mass is 10.0. The van der Waals surface area contributed by atoms with Crippen LogP contribution in [0.3, 0.4) is 0 Å². The zero-order valence-corrected chi connectivity index (χ0v) is 18.9. The standard InChI is InChI=1S/C23H25ClN6O/c1-5-29-13-18(15(3)27-29)21-11-17(16-9-7-8-10-20(16)26-21)23(31)28(4)14-22-19(24)12-25-30(22)6-2/h7-13H,5-6,14H2,1-4H3. The first-order chi connectivity index (χ1) is 14.9. The lowest BCUT2D eigenvalue weighted by Crippen LogP contribution is -2.28. The number of hydrogen-bond acceptors (Lipinski definition) is 4. The van der Waals surface area contributed by atoms with Crippen molar-refractivity contribution in [2.45, 2.75) is 40.4 Å². The SMILES string of the molecule is CCn1cc(-c2cc(C(=O)N(C)Cc3c(Cl)cnn3CC)c3ccccc3n2)c(C)n1. The number of para-hydroxylation sites is 1. The average Bonchev–Trinajstić information content (AvgIpc) is 3.34. The van der Waals surface area contributed by atoms with Crippen molar-refractivity contribution in [3.05, 3.63) is 64.7 Å². The highest BCUT2D eigenvalue weighted by molar-refractivity contribution is 6.31. The van der Waals surface area contributed by atoms with Gasteiger partial charge < -0.3 is 4.90 Å². The van der Waals surface area contributed by atoms with Crippen molar-refractivity contribution in [2.24, 2.45) is 0 Å². The molecule has 0 bridgehead atoms. The molecule has 4 rings (SSSR count). The van der Waals surface area contributed by atoms with E-state index < -0.39 is 0 Å². The van der Waals surface area contributed by atoms with Gasteiger partial charge in [-0.25, -0.2) is 4.98 Å². The number of aryl methyl sites for hydroxylation is 3. The third-order valence-electron chi connectivity index (χ3n) is 5.42. The number of nitrogens with zero attached hydrogens (tertiary/aromatic N) is 6. The second-order valence-electron chi connectivity index (χ2n) is 7.47. The molecule has 3 heterocycles. The quantitative estimate of drug-likeness (QED) is 0.444. The van der Waals surface area contributed by atoms with E-state index in [9.17, 15) is 4.79 Å². The molecule has 160 valence electrons. The first-order valence-electron chi connectivity index (χ1n) is 10.3. The number of rotatable bonds is 6. The number of pyridine rings is 1. The molecular formula is C23H25ClN6O. The second-order valence-corrected chi connectivity index (χ2v) is 7.88. The average molecular weight is 437 g/mol. The van der Waals surface area contributed by atoms with Crippen molar-refractivity contribution >= 4 is 28.4 Å². The Labute approximate surface area is 186 Å². The molecule has 0 unspecified atom stereocenters. The number of benzene rings is 1. The topological polar surface area (TPSA) is 68.8 Å². The summed E-state index contributed by atoms with van der Waals surface area (Å²) in [7, 11) is 1.78. The summed E-state index contributed by atoms with van der Waals surface area (Å²) in [6, 6.07) is 9.57. The number of amides is 1. The molecule has 4 aromatic rings. The Kier molecular flexibility index (Phi) is 5.78. The van der Waals surface area contributed by atoms with Gasteiger partial charge in [0.25, 0.3) is 5.91 Å². The summed E-state index contributed by atoms with van der Waals surface area (Å²) in [4.78, 5) is 20.0. The first kappa shape index (κ1) is 21.1. The molecule has 0 atom stereocenters. The van der Waals surface area contributed by atoms with Crippen molar-refractivity contribution in [1.82, 2.24) is 29.4 Å². The summed E-state index contributed by atoms with van der Waals surface area (Å²) in [5.41, 5.74) is 4.75. The van der Waals surface area contributed by atoms with Crippen LogP contribution in [0, 0.1) is 6.92 Å². The van der Waals surface area contributed by atoms with Gasteiger partial charge in [-0.3, -0.25) is 14.2 Å². The van der Waals surface area contributed by atoms with E-state index >= 15 is 0 Å². The Morgan fingerprint density at radius 2 is 1.97 bits per heavy atom. The highest BCUT2D eigenvalue weighted by Crippen LogP contribution is 2.28. The molecule has 31 heavy (non-hydrogen) atoms. The molecule has 1 amide bonds. The molecular weight excluding hydrogens is 412 g/mol. The van der Waals surface area contributed by atoms with Gasteiger partial charge >= 0.3 is 0 Å². The minimum absolute atomic E-state index is 0.0969. The van der Waals surface area contributed by atoms with Crippen LogP contribution in [0.15, 0.2) is 42.7 Å². The predicted molar refractivity (Wildman–Crippen MR) is 122 cm³/mol. The van der Waals surface area contributed by atoms with Gasteiger partial charge in [0.1, 0.15) is 0 Å². The van der Waals surface area contributed by atoms with Gasteiger partial charge in [-0.1, -0.05) is 29.8 Å². The van der Waals surface area contributed by atoms with Crippen LogP contribution in [0.5, 0.6) is 0 Å². The molecule has 8 heteroatoms. The van der Waals surface area contributed by atoms with Crippen LogP contribution < -0.4 is 0 Å². The number of halogens is 1. The molecule has 7 nitrogen and oxygen atoms in total. The van der Waals surface area contributed by atoms with Crippen LogP contribution in [0.4, 0.5) is 0 Å². The Balaban J connectivity index is 1.77. The van der Waals surface area contributed by atoms with E-state index in [1.54, 1.807) is 18.1 Å². The third-order valence-corrected chi connectivity index (χ3v) is 5.74. The normalized spacial score (nSPS) is 11.3. The van der Waals surface area contributed by atoms with Crippen LogP contribution in [0.2, 0.25) is 5.02 Å². The third kappa shape index (κ3) is 3.93. The molecule has 0 saturated carbocycles. The fraction of sp³-hybridized carbons (Fsp3) is 0.304. The smallest absolute Gasteiger partial charge is 0.254 e. The van der Waals surface area contributed by atoms with E-state index in [0.717, 1.165) is 40.1 Å². The Hall–Kier alpha value is -3.19. The summed E-state index contributed by atoms with van der Waals surface area (Å²) in [6.45, 7) is 7.82. The van der Waals surface area contributed by atoms with E-state index in [0.29, 0.717) is 23.7 Å².